The molecule has 2 atom stereocenters. The molecule has 0 aromatic carbocycles. The van der Waals surface area contributed by atoms with E-state index in [1.165, 1.54) is 0 Å². The predicted octanol–water partition coefficient (Wildman–Crippen LogP) is -0.363. The highest BCUT2D eigenvalue weighted by atomic mass is 15.3. The Balaban J connectivity index is 4.01. The van der Waals surface area contributed by atoms with E-state index >= 15 is 0 Å². The molecule has 0 heterocycles. The summed E-state index contributed by atoms with van der Waals surface area (Å²) in [5, 5.41) is 0. The first kappa shape index (κ1) is 11.8. The Morgan fingerprint density at radius 2 is 1.50 bits per heavy atom. The Hall–Kier alpha value is -0.160. The van der Waals surface area contributed by atoms with Crippen LogP contribution in [0.3, 0.4) is 0 Å². The molecule has 0 amide bonds. The van der Waals surface area contributed by atoms with Gasteiger partial charge in [-0.05, 0) is 12.8 Å². The third kappa shape index (κ3) is 3.49. The summed E-state index contributed by atoms with van der Waals surface area (Å²) in [4.78, 5) is 2.06. The van der Waals surface area contributed by atoms with Crippen molar-refractivity contribution in [2.24, 2.45) is 17.2 Å². The molecule has 0 saturated heterocycles. The number of rotatable bonds is 6. The Morgan fingerprint density at radius 1 is 1.08 bits per heavy atom. The molecule has 0 aliphatic carbocycles. The average molecular weight is 174 g/mol. The Kier molecular flexibility index (Phi) is 6.28. The summed E-state index contributed by atoms with van der Waals surface area (Å²) >= 11 is 0. The zero-order valence-electron chi connectivity index (χ0n) is 8.16. The third-order valence-corrected chi connectivity index (χ3v) is 2.08. The molecule has 0 radical (unpaired) electrons. The topological polar surface area (TPSA) is 81.3 Å². The highest BCUT2D eigenvalue weighted by molar-refractivity contribution is 4.70. The average Bonchev–Trinajstić information content (AvgIpc) is 2.11. The molecule has 0 spiro atoms. The van der Waals surface area contributed by atoms with Crippen LogP contribution in [-0.4, -0.2) is 30.3 Å². The molecule has 4 nitrogen and oxygen atoms in total. The summed E-state index contributed by atoms with van der Waals surface area (Å²) in [6.45, 7) is 5.50. The standard InChI is InChI=1S/C8H22N4/c1-3-7(10)12(6-5-9)8(11)4-2/h7-8H,3-6,9-11H2,1-2H3. The smallest absolute Gasteiger partial charge is 0.0583 e. The van der Waals surface area contributed by atoms with Crippen LogP contribution < -0.4 is 17.2 Å². The van der Waals surface area contributed by atoms with Crippen molar-refractivity contribution >= 4 is 0 Å². The molecule has 0 bridgehead atoms. The quantitative estimate of drug-likeness (QED) is 0.480. The van der Waals surface area contributed by atoms with E-state index in [1.54, 1.807) is 0 Å². The molecule has 6 N–H and O–H groups in total. The van der Waals surface area contributed by atoms with Gasteiger partial charge in [0.05, 0.1) is 12.3 Å². The summed E-state index contributed by atoms with van der Waals surface area (Å²) in [7, 11) is 0. The molecule has 0 rings (SSSR count). The molecule has 2 unspecified atom stereocenters. The molecular weight excluding hydrogens is 152 g/mol. The lowest BCUT2D eigenvalue weighted by atomic mass is 10.2. The molecule has 74 valence electrons. The van der Waals surface area contributed by atoms with Crippen LogP contribution >= 0.6 is 0 Å². The zero-order valence-corrected chi connectivity index (χ0v) is 8.16. The van der Waals surface area contributed by atoms with Gasteiger partial charge in [-0.2, -0.15) is 0 Å². The summed E-state index contributed by atoms with van der Waals surface area (Å²) in [5.74, 6) is 0. The first-order valence-corrected chi connectivity index (χ1v) is 4.64. The van der Waals surface area contributed by atoms with Gasteiger partial charge in [0.15, 0.2) is 0 Å². The molecule has 0 aromatic rings. The van der Waals surface area contributed by atoms with Gasteiger partial charge in [0, 0.05) is 13.1 Å². The molecule has 4 heteroatoms. The van der Waals surface area contributed by atoms with Gasteiger partial charge in [-0.1, -0.05) is 13.8 Å². The third-order valence-electron chi connectivity index (χ3n) is 2.08. The fourth-order valence-electron chi connectivity index (χ4n) is 1.20. The molecule has 12 heavy (non-hydrogen) atoms. The van der Waals surface area contributed by atoms with Crippen LogP contribution in [0.1, 0.15) is 26.7 Å². The lowest BCUT2D eigenvalue weighted by Gasteiger charge is -2.32. The van der Waals surface area contributed by atoms with Crippen molar-refractivity contribution in [3.05, 3.63) is 0 Å². The molecule has 0 aromatic heterocycles. The molecular formula is C8H22N4. The van der Waals surface area contributed by atoms with E-state index in [4.69, 9.17) is 17.2 Å². The highest BCUT2D eigenvalue weighted by Gasteiger charge is 2.16. The first-order chi connectivity index (χ1) is 5.67. The van der Waals surface area contributed by atoms with Crippen molar-refractivity contribution in [2.45, 2.75) is 39.0 Å². The first-order valence-electron chi connectivity index (χ1n) is 4.64. The van der Waals surface area contributed by atoms with E-state index in [1.807, 2.05) is 0 Å². The molecule has 0 fully saturated rings. The summed E-state index contributed by atoms with van der Waals surface area (Å²) in [5.41, 5.74) is 17.2. The lowest BCUT2D eigenvalue weighted by molar-refractivity contribution is 0.136. The van der Waals surface area contributed by atoms with Gasteiger partial charge >= 0.3 is 0 Å². The van der Waals surface area contributed by atoms with Gasteiger partial charge in [0.1, 0.15) is 0 Å². The van der Waals surface area contributed by atoms with Gasteiger partial charge in [-0.15, -0.1) is 0 Å². The van der Waals surface area contributed by atoms with Gasteiger partial charge in [-0.25, -0.2) is 0 Å². The second kappa shape index (κ2) is 6.37. The van der Waals surface area contributed by atoms with Crippen LogP contribution in [0, 0.1) is 0 Å². The minimum atomic E-state index is 0.0449. The molecule has 0 aliphatic heterocycles. The maximum Gasteiger partial charge on any atom is 0.0583 e. The van der Waals surface area contributed by atoms with E-state index in [9.17, 15) is 0 Å². The van der Waals surface area contributed by atoms with E-state index in [-0.39, 0.29) is 12.3 Å². The fourth-order valence-corrected chi connectivity index (χ4v) is 1.20. The second-order valence-electron chi connectivity index (χ2n) is 2.98. The Labute approximate surface area is 75.1 Å². The second-order valence-corrected chi connectivity index (χ2v) is 2.98. The maximum atomic E-state index is 5.87. The van der Waals surface area contributed by atoms with Crippen LogP contribution in [0.5, 0.6) is 0 Å². The Morgan fingerprint density at radius 3 is 1.75 bits per heavy atom. The number of nitrogens with zero attached hydrogens (tertiary/aromatic N) is 1. The molecule has 0 aliphatic rings. The summed E-state index contributed by atoms with van der Waals surface area (Å²) in [6.07, 6.45) is 1.91. The maximum absolute atomic E-state index is 5.87. The van der Waals surface area contributed by atoms with E-state index in [2.05, 4.69) is 18.7 Å². The number of hydrogen-bond donors (Lipinski definition) is 3. The number of hydrogen-bond acceptors (Lipinski definition) is 4. The van der Waals surface area contributed by atoms with Crippen LogP contribution in [0.4, 0.5) is 0 Å². The largest absolute Gasteiger partial charge is 0.329 e. The highest BCUT2D eigenvalue weighted by Crippen LogP contribution is 2.02. The van der Waals surface area contributed by atoms with Crippen molar-refractivity contribution in [2.75, 3.05) is 13.1 Å². The SMILES string of the molecule is CCC(N)N(CCN)C(N)CC. The van der Waals surface area contributed by atoms with Gasteiger partial charge in [0.25, 0.3) is 0 Å². The Bertz CT molecular complexity index is 97.2. The normalized spacial score (nSPS) is 16.5. The van der Waals surface area contributed by atoms with Gasteiger partial charge < -0.3 is 17.2 Å². The van der Waals surface area contributed by atoms with Crippen LogP contribution in [0.25, 0.3) is 0 Å². The van der Waals surface area contributed by atoms with Crippen LogP contribution in [-0.2, 0) is 0 Å². The van der Waals surface area contributed by atoms with Crippen LogP contribution in [0.15, 0.2) is 0 Å². The van der Waals surface area contributed by atoms with Crippen molar-refractivity contribution in [1.29, 1.82) is 0 Å². The van der Waals surface area contributed by atoms with Gasteiger partial charge in [0.2, 0.25) is 0 Å². The van der Waals surface area contributed by atoms with E-state index in [0.717, 1.165) is 19.4 Å². The van der Waals surface area contributed by atoms with E-state index in [0.29, 0.717) is 6.54 Å². The van der Waals surface area contributed by atoms with E-state index < -0.39 is 0 Å². The summed E-state index contributed by atoms with van der Waals surface area (Å²) in [6, 6.07) is 0. The zero-order chi connectivity index (χ0) is 9.56. The predicted molar refractivity (Wildman–Crippen MR) is 52.3 cm³/mol. The monoisotopic (exact) mass is 174 g/mol. The van der Waals surface area contributed by atoms with Crippen LogP contribution in [0.2, 0.25) is 0 Å². The minimum Gasteiger partial charge on any atom is -0.329 e. The fraction of sp³-hybridized carbons (Fsp3) is 1.00. The lowest BCUT2D eigenvalue weighted by Crippen LogP contribution is -2.53. The van der Waals surface area contributed by atoms with Crippen molar-refractivity contribution in [3.8, 4) is 0 Å². The van der Waals surface area contributed by atoms with Crippen molar-refractivity contribution in [3.63, 3.8) is 0 Å². The van der Waals surface area contributed by atoms with Gasteiger partial charge in [-0.3, -0.25) is 4.90 Å². The molecule has 0 saturated carbocycles. The summed E-state index contributed by atoms with van der Waals surface area (Å²) < 4.78 is 0. The minimum absolute atomic E-state index is 0.0449. The number of nitrogens with two attached hydrogens (primary N) is 3. The van der Waals surface area contributed by atoms with Crippen molar-refractivity contribution in [1.82, 2.24) is 4.90 Å². The van der Waals surface area contributed by atoms with Crippen molar-refractivity contribution < 1.29 is 0 Å².